The summed E-state index contributed by atoms with van der Waals surface area (Å²) in [6.07, 6.45) is 5.32. The van der Waals surface area contributed by atoms with Gasteiger partial charge in [-0.05, 0) is 30.2 Å². The van der Waals surface area contributed by atoms with E-state index in [4.69, 9.17) is 0 Å². The minimum Gasteiger partial charge on any atom is -0.432 e. The van der Waals surface area contributed by atoms with E-state index in [1.165, 1.54) is 12.1 Å². The Morgan fingerprint density at radius 1 is 1.17 bits per heavy atom. The van der Waals surface area contributed by atoms with Gasteiger partial charge in [-0.2, -0.15) is 13.9 Å². The Bertz CT molecular complexity index is 848. The number of alkyl halides is 2. The van der Waals surface area contributed by atoms with E-state index in [9.17, 15) is 13.2 Å². The molecule has 0 saturated carbocycles. The number of benzene rings is 1. The molecule has 0 radical (unpaired) electrons. The monoisotopic (exact) mass is 335 g/mol. The molecule has 3 aromatic rings. The van der Waals surface area contributed by atoms with Crippen LogP contribution in [0.1, 0.15) is 19.8 Å². The molecule has 0 amide bonds. The van der Waals surface area contributed by atoms with Gasteiger partial charge in [0.1, 0.15) is 5.52 Å². The largest absolute Gasteiger partial charge is 0.432 e. The van der Waals surface area contributed by atoms with E-state index in [2.05, 4.69) is 21.7 Å². The molecule has 0 bridgehead atoms. The van der Waals surface area contributed by atoms with Crippen LogP contribution in [0, 0.1) is 5.82 Å². The van der Waals surface area contributed by atoms with Gasteiger partial charge in [-0.15, -0.1) is 0 Å². The molecule has 1 aromatic carbocycles. The third-order valence-corrected chi connectivity index (χ3v) is 3.70. The smallest absolute Gasteiger partial charge is 0.387 e. The van der Waals surface area contributed by atoms with Crippen LogP contribution in [0.3, 0.4) is 0 Å². The molecule has 0 spiro atoms. The lowest BCUT2D eigenvalue weighted by atomic mass is 10.1. The molecular formula is C17H16F3N3O. The van der Waals surface area contributed by atoms with Crippen molar-refractivity contribution in [2.75, 3.05) is 0 Å². The number of fused-ring (bicyclic) bond motifs is 1. The standard InChI is InChI=1S/C17H16F3N3O/c1-2-3-6-23-15-7-12(9-21-14(15)10-22-23)11-4-5-13(18)16(8-11)24-17(19)20/h4-5,7-10,17H,2-3,6H2,1H3. The lowest BCUT2D eigenvalue weighted by Gasteiger charge is -2.09. The van der Waals surface area contributed by atoms with Crippen molar-refractivity contribution in [3.63, 3.8) is 0 Å². The second kappa shape index (κ2) is 6.90. The molecule has 0 saturated heterocycles. The molecule has 0 fully saturated rings. The summed E-state index contributed by atoms with van der Waals surface area (Å²) in [6, 6.07) is 5.72. The van der Waals surface area contributed by atoms with E-state index in [0.717, 1.165) is 36.5 Å². The normalized spacial score (nSPS) is 11.4. The number of aromatic nitrogens is 3. The van der Waals surface area contributed by atoms with Crippen LogP contribution in [0.15, 0.2) is 36.7 Å². The molecule has 126 valence electrons. The van der Waals surface area contributed by atoms with E-state index in [0.29, 0.717) is 11.1 Å². The second-order valence-electron chi connectivity index (χ2n) is 5.37. The number of aryl methyl sites for hydroxylation is 1. The Morgan fingerprint density at radius 3 is 2.75 bits per heavy atom. The minimum absolute atomic E-state index is 0.484. The summed E-state index contributed by atoms with van der Waals surface area (Å²) in [5.41, 5.74) is 2.83. The van der Waals surface area contributed by atoms with Crippen LogP contribution < -0.4 is 4.74 Å². The maximum atomic E-state index is 13.6. The van der Waals surface area contributed by atoms with Crippen molar-refractivity contribution < 1.29 is 17.9 Å². The zero-order valence-electron chi connectivity index (χ0n) is 13.0. The lowest BCUT2D eigenvalue weighted by Crippen LogP contribution is -2.03. The van der Waals surface area contributed by atoms with Crippen LogP contribution in [-0.4, -0.2) is 21.4 Å². The van der Waals surface area contributed by atoms with E-state index in [1.54, 1.807) is 12.4 Å². The highest BCUT2D eigenvalue weighted by Crippen LogP contribution is 2.29. The highest BCUT2D eigenvalue weighted by atomic mass is 19.3. The molecule has 24 heavy (non-hydrogen) atoms. The highest BCUT2D eigenvalue weighted by molar-refractivity contribution is 5.80. The van der Waals surface area contributed by atoms with Crippen LogP contribution in [-0.2, 0) is 6.54 Å². The first-order valence-corrected chi connectivity index (χ1v) is 7.64. The highest BCUT2D eigenvalue weighted by Gasteiger charge is 2.12. The Labute approximate surface area is 136 Å². The molecular weight excluding hydrogens is 319 g/mol. The summed E-state index contributed by atoms with van der Waals surface area (Å²) >= 11 is 0. The molecule has 2 heterocycles. The van der Waals surface area contributed by atoms with E-state index >= 15 is 0 Å². The lowest BCUT2D eigenvalue weighted by molar-refractivity contribution is -0.0521. The fourth-order valence-corrected chi connectivity index (χ4v) is 2.47. The van der Waals surface area contributed by atoms with Crippen molar-refractivity contribution in [3.05, 3.63) is 42.5 Å². The Hall–Kier alpha value is -2.57. The number of nitrogens with zero attached hydrogens (tertiary/aromatic N) is 3. The maximum absolute atomic E-state index is 13.6. The van der Waals surface area contributed by atoms with Crippen LogP contribution in [0.25, 0.3) is 22.2 Å². The summed E-state index contributed by atoms with van der Waals surface area (Å²) in [5, 5.41) is 4.31. The molecule has 0 N–H and O–H groups in total. The Balaban J connectivity index is 1.99. The van der Waals surface area contributed by atoms with Gasteiger partial charge < -0.3 is 4.74 Å². The maximum Gasteiger partial charge on any atom is 0.387 e. The molecule has 4 nitrogen and oxygen atoms in total. The molecule has 0 aliphatic carbocycles. The van der Waals surface area contributed by atoms with Crippen molar-refractivity contribution in [3.8, 4) is 16.9 Å². The summed E-state index contributed by atoms with van der Waals surface area (Å²) < 4.78 is 44.4. The number of rotatable bonds is 6. The van der Waals surface area contributed by atoms with Gasteiger partial charge in [-0.25, -0.2) is 4.39 Å². The molecule has 0 atom stereocenters. The van der Waals surface area contributed by atoms with Crippen LogP contribution >= 0.6 is 0 Å². The zero-order chi connectivity index (χ0) is 17.1. The quantitative estimate of drug-likeness (QED) is 0.659. The Kier molecular flexibility index (Phi) is 4.69. The number of hydrogen-bond acceptors (Lipinski definition) is 3. The topological polar surface area (TPSA) is 39.9 Å². The summed E-state index contributed by atoms with van der Waals surface area (Å²) in [4.78, 5) is 4.33. The number of pyridine rings is 1. The van der Waals surface area contributed by atoms with Gasteiger partial charge in [-0.3, -0.25) is 9.67 Å². The van der Waals surface area contributed by atoms with Crippen molar-refractivity contribution in [1.82, 2.24) is 14.8 Å². The second-order valence-corrected chi connectivity index (χ2v) is 5.37. The predicted octanol–water partition coefficient (Wildman–Crippen LogP) is 4.64. The van der Waals surface area contributed by atoms with Crippen molar-refractivity contribution in [2.24, 2.45) is 0 Å². The van der Waals surface area contributed by atoms with E-state index < -0.39 is 18.2 Å². The van der Waals surface area contributed by atoms with Crippen molar-refractivity contribution in [2.45, 2.75) is 32.9 Å². The van der Waals surface area contributed by atoms with Gasteiger partial charge in [0.05, 0.1) is 11.7 Å². The molecule has 7 heteroatoms. The first-order chi connectivity index (χ1) is 11.6. The molecule has 0 aliphatic rings. The first-order valence-electron chi connectivity index (χ1n) is 7.64. The average Bonchev–Trinajstić information content (AvgIpc) is 2.96. The van der Waals surface area contributed by atoms with Crippen molar-refractivity contribution >= 4 is 11.0 Å². The zero-order valence-corrected chi connectivity index (χ0v) is 13.0. The van der Waals surface area contributed by atoms with E-state index in [1.807, 2.05) is 10.7 Å². The Morgan fingerprint density at radius 2 is 2.00 bits per heavy atom. The summed E-state index contributed by atoms with van der Waals surface area (Å²) in [7, 11) is 0. The minimum atomic E-state index is -3.08. The van der Waals surface area contributed by atoms with Gasteiger partial charge in [-0.1, -0.05) is 19.4 Å². The summed E-state index contributed by atoms with van der Waals surface area (Å²) in [5.74, 6) is -1.32. The first kappa shape index (κ1) is 16.3. The van der Waals surface area contributed by atoms with Gasteiger partial charge in [0.25, 0.3) is 0 Å². The van der Waals surface area contributed by atoms with Crippen LogP contribution in [0.4, 0.5) is 13.2 Å². The number of ether oxygens (including phenoxy) is 1. The van der Waals surface area contributed by atoms with Gasteiger partial charge in [0.2, 0.25) is 0 Å². The number of halogens is 3. The fraction of sp³-hybridized carbons (Fsp3) is 0.294. The molecule has 3 rings (SSSR count). The third kappa shape index (κ3) is 3.34. The van der Waals surface area contributed by atoms with Gasteiger partial charge >= 0.3 is 6.61 Å². The number of hydrogen-bond donors (Lipinski definition) is 0. The number of unbranched alkanes of at least 4 members (excludes halogenated alkanes) is 1. The SMILES string of the molecule is CCCCn1ncc2ncc(-c3ccc(F)c(OC(F)F)c3)cc21. The van der Waals surface area contributed by atoms with Gasteiger partial charge in [0, 0.05) is 18.3 Å². The third-order valence-electron chi connectivity index (χ3n) is 3.70. The molecule has 0 aliphatic heterocycles. The van der Waals surface area contributed by atoms with Crippen LogP contribution in [0.2, 0.25) is 0 Å². The molecule has 2 aromatic heterocycles. The van der Waals surface area contributed by atoms with E-state index in [-0.39, 0.29) is 0 Å². The predicted molar refractivity (Wildman–Crippen MR) is 84.5 cm³/mol. The van der Waals surface area contributed by atoms with Gasteiger partial charge in [0.15, 0.2) is 11.6 Å². The summed E-state index contributed by atoms with van der Waals surface area (Å²) in [6.45, 7) is -0.210. The fourth-order valence-electron chi connectivity index (χ4n) is 2.47. The van der Waals surface area contributed by atoms with Crippen LogP contribution in [0.5, 0.6) is 5.75 Å². The average molecular weight is 335 g/mol. The van der Waals surface area contributed by atoms with Crippen molar-refractivity contribution in [1.29, 1.82) is 0 Å². The molecule has 0 unspecified atom stereocenters.